The molecule has 1 N–H and O–H groups in total. The summed E-state index contributed by atoms with van der Waals surface area (Å²) in [6.07, 6.45) is 0.212. The molecule has 0 saturated carbocycles. The zero-order valence-electron chi connectivity index (χ0n) is 11.0. The number of carbonyl (C=O) groups is 1. The number of aromatic nitrogens is 3. The van der Waals surface area contributed by atoms with Crippen LogP contribution in [-0.2, 0) is 19.6 Å². The highest BCUT2D eigenvalue weighted by Gasteiger charge is 2.14. The molecule has 0 bridgehead atoms. The SMILES string of the molecule is COC(=O)CCCS(=O)(=O)Nc1nnc(C)c(C)n1. The molecule has 0 fully saturated rings. The van der Waals surface area contributed by atoms with E-state index in [-0.39, 0.29) is 24.5 Å². The number of nitrogens with one attached hydrogen (secondary N) is 1. The maximum Gasteiger partial charge on any atom is 0.305 e. The summed E-state index contributed by atoms with van der Waals surface area (Å²) in [7, 11) is -2.34. The number of sulfonamides is 1. The molecule has 1 aromatic heterocycles. The number of hydrogen-bond acceptors (Lipinski definition) is 7. The maximum absolute atomic E-state index is 11.7. The highest BCUT2D eigenvalue weighted by molar-refractivity contribution is 7.92. The second kappa shape index (κ2) is 6.41. The van der Waals surface area contributed by atoms with Gasteiger partial charge in [0.1, 0.15) is 0 Å². The van der Waals surface area contributed by atoms with Gasteiger partial charge in [-0.15, -0.1) is 5.10 Å². The lowest BCUT2D eigenvalue weighted by Crippen LogP contribution is -2.20. The molecule has 0 aliphatic heterocycles. The summed E-state index contributed by atoms with van der Waals surface area (Å²) in [5.74, 6) is -0.723. The number of esters is 1. The smallest absolute Gasteiger partial charge is 0.305 e. The fraction of sp³-hybridized carbons (Fsp3) is 0.600. The maximum atomic E-state index is 11.7. The quantitative estimate of drug-likeness (QED) is 0.743. The van der Waals surface area contributed by atoms with E-state index >= 15 is 0 Å². The minimum Gasteiger partial charge on any atom is -0.469 e. The standard InChI is InChI=1S/C10H16N4O4S/c1-7-8(2)12-13-10(11-7)14-19(16,17)6-4-5-9(15)18-3/h4-6H2,1-3H3,(H,11,13,14). The highest BCUT2D eigenvalue weighted by Crippen LogP contribution is 2.06. The second-order valence-electron chi connectivity index (χ2n) is 3.91. The molecule has 0 aromatic carbocycles. The summed E-state index contributed by atoms with van der Waals surface area (Å²) >= 11 is 0. The van der Waals surface area contributed by atoms with Gasteiger partial charge >= 0.3 is 5.97 Å². The van der Waals surface area contributed by atoms with Crippen molar-refractivity contribution in [3.8, 4) is 0 Å². The van der Waals surface area contributed by atoms with Crippen LogP contribution in [0.1, 0.15) is 24.2 Å². The van der Waals surface area contributed by atoms with Crippen LogP contribution in [-0.4, -0.2) is 42.4 Å². The number of hydrogen-bond donors (Lipinski definition) is 1. The van der Waals surface area contributed by atoms with Gasteiger partial charge in [-0.05, 0) is 20.3 Å². The fourth-order valence-corrected chi connectivity index (χ4v) is 2.19. The van der Waals surface area contributed by atoms with Crippen LogP contribution in [0.5, 0.6) is 0 Å². The molecular formula is C10H16N4O4S. The van der Waals surface area contributed by atoms with Crippen LogP contribution in [0.15, 0.2) is 0 Å². The molecule has 0 saturated heterocycles. The van der Waals surface area contributed by atoms with Gasteiger partial charge in [-0.1, -0.05) is 0 Å². The average molecular weight is 288 g/mol. The topological polar surface area (TPSA) is 111 Å². The molecule has 0 amide bonds. The van der Waals surface area contributed by atoms with E-state index in [1.165, 1.54) is 7.11 Å². The first-order valence-corrected chi connectivity index (χ1v) is 7.24. The van der Waals surface area contributed by atoms with Crippen molar-refractivity contribution in [2.75, 3.05) is 17.6 Å². The van der Waals surface area contributed by atoms with E-state index in [0.717, 1.165) is 0 Å². The summed E-state index contributed by atoms with van der Waals surface area (Å²) in [6.45, 7) is 3.43. The predicted molar refractivity (Wildman–Crippen MR) is 68.0 cm³/mol. The van der Waals surface area contributed by atoms with Crippen LogP contribution in [0.2, 0.25) is 0 Å². The zero-order chi connectivity index (χ0) is 14.5. The van der Waals surface area contributed by atoms with Crippen LogP contribution in [0, 0.1) is 13.8 Å². The Bertz CT molecular complexity index is 559. The fourth-order valence-electron chi connectivity index (χ4n) is 1.20. The summed E-state index contributed by atoms with van der Waals surface area (Å²) in [4.78, 5) is 14.8. The lowest BCUT2D eigenvalue weighted by molar-refractivity contribution is -0.140. The summed E-state index contributed by atoms with van der Waals surface area (Å²) < 4.78 is 30.0. The Morgan fingerprint density at radius 3 is 2.53 bits per heavy atom. The highest BCUT2D eigenvalue weighted by atomic mass is 32.2. The Balaban J connectivity index is 2.59. The first kappa shape index (κ1) is 15.3. The van der Waals surface area contributed by atoms with Crippen molar-refractivity contribution in [1.82, 2.24) is 15.2 Å². The normalized spacial score (nSPS) is 11.1. The van der Waals surface area contributed by atoms with Crippen LogP contribution < -0.4 is 4.72 Å². The molecule has 0 atom stereocenters. The van der Waals surface area contributed by atoms with E-state index in [0.29, 0.717) is 11.4 Å². The minimum absolute atomic E-state index is 0.0451. The number of methoxy groups -OCH3 is 1. The minimum atomic E-state index is -3.59. The van der Waals surface area contributed by atoms with Crippen molar-refractivity contribution in [1.29, 1.82) is 0 Å². The number of nitrogens with zero attached hydrogens (tertiary/aromatic N) is 3. The zero-order valence-corrected chi connectivity index (χ0v) is 11.8. The van der Waals surface area contributed by atoms with Crippen molar-refractivity contribution in [2.45, 2.75) is 26.7 Å². The number of rotatable bonds is 6. The Hall–Kier alpha value is -1.77. The monoisotopic (exact) mass is 288 g/mol. The lowest BCUT2D eigenvalue weighted by Gasteiger charge is -2.06. The molecule has 8 nitrogen and oxygen atoms in total. The lowest BCUT2D eigenvalue weighted by atomic mass is 10.3. The Kier molecular flexibility index (Phi) is 5.16. The third-order valence-electron chi connectivity index (χ3n) is 2.36. The molecular weight excluding hydrogens is 272 g/mol. The van der Waals surface area contributed by atoms with Crippen LogP contribution >= 0.6 is 0 Å². The Labute approximate surface area is 111 Å². The van der Waals surface area contributed by atoms with Gasteiger partial charge in [0.2, 0.25) is 10.0 Å². The molecule has 0 aliphatic carbocycles. The molecule has 0 spiro atoms. The molecule has 0 unspecified atom stereocenters. The molecule has 106 valence electrons. The van der Waals surface area contributed by atoms with Gasteiger partial charge in [0.05, 0.1) is 24.3 Å². The van der Waals surface area contributed by atoms with Gasteiger partial charge in [0, 0.05) is 6.42 Å². The second-order valence-corrected chi connectivity index (χ2v) is 5.75. The number of aryl methyl sites for hydroxylation is 2. The summed E-state index contributed by atoms with van der Waals surface area (Å²) in [5, 5.41) is 7.41. The predicted octanol–water partition coefficient (Wildman–Crippen LogP) is 0.183. The van der Waals surface area contributed by atoms with Crippen molar-refractivity contribution < 1.29 is 17.9 Å². The Morgan fingerprint density at radius 2 is 1.95 bits per heavy atom. The van der Waals surface area contributed by atoms with Crippen molar-refractivity contribution in [3.63, 3.8) is 0 Å². The van der Waals surface area contributed by atoms with Crippen LogP contribution in [0.4, 0.5) is 5.95 Å². The molecule has 0 aliphatic rings. The molecule has 0 radical (unpaired) electrons. The van der Waals surface area contributed by atoms with E-state index in [9.17, 15) is 13.2 Å². The van der Waals surface area contributed by atoms with E-state index in [1.54, 1.807) is 13.8 Å². The average Bonchev–Trinajstić information content (AvgIpc) is 2.33. The first-order chi connectivity index (χ1) is 8.84. The molecule has 9 heteroatoms. The van der Waals surface area contributed by atoms with E-state index in [4.69, 9.17) is 0 Å². The van der Waals surface area contributed by atoms with Crippen LogP contribution in [0.25, 0.3) is 0 Å². The molecule has 1 rings (SSSR count). The third-order valence-corrected chi connectivity index (χ3v) is 3.68. The van der Waals surface area contributed by atoms with Gasteiger partial charge < -0.3 is 4.74 Å². The molecule has 1 aromatic rings. The van der Waals surface area contributed by atoms with E-state index in [2.05, 4.69) is 24.6 Å². The van der Waals surface area contributed by atoms with Crippen molar-refractivity contribution in [3.05, 3.63) is 11.4 Å². The van der Waals surface area contributed by atoms with Gasteiger partial charge in [0.25, 0.3) is 5.95 Å². The van der Waals surface area contributed by atoms with Gasteiger partial charge in [-0.3, -0.25) is 4.79 Å². The van der Waals surface area contributed by atoms with Gasteiger partial charge in [-0.25, -0.2) is 18.1 Å². The van der Waals surface area contributed by atoms with E-state index in [1.807, 2.05) is 0 Å². The largest absolute Gasteiger partial charge is 0.469 e. The van der Waals surface area contributed by atoms with Crippen LogP contribution in [0.3, 0.4) is 0 Å². The number of anilines is 1. The number of carbonyl (C=O) groups excluding carboxylic acids is 1. The van der Waals surface area contributed by atoms with Gasteiger partial charge in [0.15, 0.2) is 0 Å². The van der Waals surface area contributed by atoms with Gasteiger partial charge in [-0.2, -0.15) is 5.10 Å². The summed E-state index contributed by atoms with van der Waals surface area (Å²) in [5.41, 5.74) is 1.23. The Morgan fingerprint density at radius 1 is 1.26 bits per heavy atom. The molecule has 19 heavy (non-hydrogen) atoms. The first-order valence-electron chi connectivity index (χ1n) is 5.59. The van der Waals surface area contributed by atoms with E-state index < -0.39 is 16.0 Å². The number of ether oxygens (including phenoxy) is 1. The molecule has 1 heterocycles. The van der Waals surface area contributed by atoms with Crippen molar-refractivity contribution >= 4 is 21.9 Å². The summed E-state index contributed by atoms with van der Waals surface area (Å²) in [6, 6.07) is 0. The third kappa shape index (κ3) is 5.16. The van der Waals surface area contributed by atoms with Crippen molar-refractivity contribution in [2.24, 2.45) is 0 Å².